The molecular weight excluding hydrogens is 410 g/mol. The minimum atomic E-state index is -0.880. The molecule has 7 heteroatoms. The van der Waals surface area contributed by atoms with Crippen molar-refractivity contribution < 1.29 is 23.9 Å². The summed E-state index contributed by atoms with van der Waals surface area (Å²) in [5.74, 6) is 0.783. The van der Waals surface area contributed by atoms with Crippen LogP contribution in [0.4, 0.5) is 0 Å². The minimum Gasteiger partial charge on any atom is -0.496 e. The molecule has 1 aromatic rings. The van der Waals surface area contributed by atoms with Crippen molar-refractivity contribution in [1.29, 1.82) is 0 Å². The van der Waals surface area contributed by atoms with E-state index in [9.17, 15) is 14.9 Å². The second-order valence-corrected chi connectivity index (χ2v) is 9.60. The van der Waals surface area contributed by atoms with Gasteiger partial charge in [0.05, 0.1) is 13.0 Å². The van der Waals surface area contributed by atoms with Crippen molar-refractivity contribution in [2.24, 2.45) is 23.7 Å². The lowest BCUT2D eigenvalue weighted by Crippen LogP contribution is -2.37. The molecule has 0 aliphatic carbocycles. The predicted octanol–water partition coefficient (Wildman–Crippen LogP) is 4.71. The number of esters is 1. The number of hydrogen-bond acceptors (Lipinski definition) is 6. The van der Waals surface area contributed by atoms with Crippen LogP contribution in [0.5, 0.6) is 5.75 Å². The number of carbonyl (C=O) groups is 1. The van der Waals surface area contributed by atoms with Gasteiger partial charge in [0.25, 0.3) is 0 Å². The number of methoxy groups -OCH3 is 2. The number of nitro groups is 1. The Morgan fingerprint density at radius 2 is 1.94 bits per heavy atom. The van der Waals surface area contributed by atoms with Crippen LogP contribution in [0, 0.1) is 33.8 Å². The van der Waals surface area contributed by atoms with Crippen LogP contribution in [-0.2, 0) is 27.1 Å². The average molecular weight is 450 g/mol. The van der Waals surface area contributed by atoms with E-state index in [2.05, 4.69) is 19.9 Å². The first-order valence-corrected chi connectivity index (χ1v) is 11.7. The van der Waals surface area contributed by atoms with Crippen molar-refractivity contribution in [1.82, 2.24) is 0 Å². The van der Waals surface area contributed by atoms with E-state index in [1.807, 2.05) is 26.0 Å². The fourth-order valence-corrected chi connectivity index (χ4v) is 4.55. The highest BCUT2D eigenvalue weighted by Gasteiger charge is 2.46. The standard InChI is InChI=1S/C25H39NO6/c1-16(2)20(13-18-9-10-23(31-6)19(12-18)8-7-11-30-5)14-22(26(28)29)24-15-21(17(3)4)25(27)32-24/h9-10,12,16-17,20-22,24H,7-8,11,13-15H2,1-6H3/t20-,21-,22-,24-/m0/s1. The molecule has 4 atom stereocenters. The highest BCUT2D eigenvalue weighted by atomic mass is 16.6. The van der Waals surface area contributed by atoms with Gasteiger partial charge in [-0.15, -0.1) is 0 Å². The number of hydrogen-bond donors (Lipinski definition) is 0. The minimum absolute atomic E-state index is 0.0995. The van der Waals surface area contributed by atoms with Gasteiger partial charge < -0.3 is 14.2 Å². The Bertz CT molecular complexity index is 763. The van der Waals surface area contributed by atoms with Crippen molar-refractivity contribution in [3.8, 4) is 5.75 Å². The molecule has 0 unspecified atom stereocenters. The fraction of sp³-hybridized carbons (Fsp3) is 0.720. The molecule has 0 N–H and O–H groups in total. The number of nitrogens with zero attached hydrogens (tertiary/aromatic N) is 1. The second-order valence-electron chi connectivity index (χ2n) is 9.60. The lowest BCUT2D eigenvalue weighted by Gasteiger charge is -2.25. The number of benzene rings is 1. The van der Waals surface area contributed by atoms with Gasteiger partial charge in [-0.1, -0.05) is 39.8 Å². The quantitative estimate of drug-likeness (QED) is 0.188. The van der Waals surface area contributed by atoms with Crippen LogP contribution in [-0.4, -0.2) is 43.9 Å². The van der Waals surface area contributed by atoms with Gasteiger partial charge in [-0.25, -0.2) is 0 Å². The van der Waals surface area contributed by atoms with Crippen molar-refractivity contribution in [2.45, 2.75) is 71.9 Å². The van der Waals surface area contributed by atoms with E-state index < -0.39 is 12.1 Å². The molecule has 1 aliphatic rings. The van der Waals surface area contributed by atoms with Crippen LogP contribution in [0.15, 0.2) is 18.2 Å². The summed E-state index contributed by atoms with van der Waals surface area (Å²) in [5.41, 5.74) is 2.27. The molecule has 0 spiro atoms. The van der Waals surface area contributed by atoms with Crippen LogP contribution in [0.1, 0.15) is 58.1 Å². The highest BCUT2D eigenvalue weighted by molar-refractivity contribution is 5.75. The summed E-state index contributed by atoms with van der Waals surface area (Å²) in [6, 6.07) is 5.29. The van der Waals surface area contributed by atoms with Gasteiger partial charge >= 0.3 is 5.97 Å². The number of cyclic esters (lactones) is 1. The zero-order valence-corrected chi connectivity index (χ0v) is 20.3. The van der Waals surface area contributed by atoms with Crippen LogP contribution < -0.4 is 4.74 Å². The lowest BCUT2D eigenvalue weighted by molar-refractivity contribution is -0.535. The zero-order chi connectivity index (χ0) is 23.8. The van der Waals surface area contributed by atoms with Crippen molar-refractivity contribution in [2.75, 3.05) is 20.8 Å². The van der Waals surface area contributed by atoms with Crippen molar-refractivity contribution in [3.63, 3.8) is 0 Å². The zero-order valence-electron chi connectivity index (χ0n) is 20.3. The molecule has 0 aromatic heterocycles. The topological polar surface area (TPSA) is 87.9 Å². The average Bonchev–Trinajstić information content (AvgIpc) is 3.12. The van der Waals surface area contributed by atoms with Gasteiger partial charge in [-0.2, -0.15) is 0 Å². The molecule has 1 aromatic carbocycles. The Kier molecular flexibility index (Phi) is 9.94. The summed E-state index contributed by atoms with van der Waals surface area (Å²) >= 11 is 0. The molecule has 0 saturated carbocycles. The van der Waals surface area contributed by atoms with Crippen molar-refractivity contribution in [3.05, 3.63) is 39.4 Å². The summed E-state index contributed by atoms with van der Waals surface area (Å²) in [6.07, 6.45) is 2.65. The maximum Gasteiger partial charge on any atom is 0.309 e. The van der Waals surface area contributed by atoms with Gasteiger partial charge in [-0.05, 0) is 54.2 Å². The van der Waals surface area contributed by atoms with E-state index in [1.54, 1.807) is 14.2 Å². The summed E-state index contributed by atoms with van der Waals surface area (Å²) in [7, 11) is 3.36. The number of rotatable bonds is 13. The van der Waals surface area contributed by atoms with Gasteiger partial charge in [0.2, 0.25) is 6.04 Å². The van der Waals surface area contributed by atoms with E-state index in [1.165, 1.54) is 0 Å². The van der Waals surface area contributed by atoms with Gasteiger partial charge in [0, 0.05) is 31.5 Å². The third-order valence-electron chi connectivity index (χ3n) is 6.69. The first-order chi connectivity index (χ1) is 15.2. The third-order valence-corrected chi connectivity index (χ3v) is 6.69. The Hall–Kier alpha value is -2.15. The third kappa shape index (κ3) is 6.92. The molecule has 32 heavy (non-hydrogen) atoms. The van der Waals surface area contributed by atoms with Crippen LogP contribution >= 0.6 is 0 Å². The first-order valence-electron chi connectivity index (χ1n) is 11.7. The van der Waals surface area contributed by atoms with E-state index in [-0.39, 0.29) is 34.6 Å². The molecule has 7 nitrogen and oxygen atoms in total. The molecule has 1 aliphatic heterocycles. The molecule has 1 fully saturated rings. The number of carbonyl (C=O) groups excluding carboxylic acids is 1. The largest absolute Gasteiger partial charge is 0.496 e. The van der Waals surface area contributed by atoms with Crippen LogP contribution in [0.2, 0.25) is 0 Å². The summed E-state index contributed by atoms with van der Waals surface area (Å²) in [6.45, 7) is 8.80. The lowest BCUT2D eigenvalue weighted by atomic mass is 9.81. The highest BCUT2D eigenvalue weighted by Crippen LogP contribution is 2.34. The summed E-state index contributed by atoms with van der Waals surface area (Å²) in [4.78, 5) is 23.9. The Labute approximate surface area is 192 Å². The van der Waals surface area contributed by atoms with Gasteiger partial charge in [0.1, 0.15) is 5.75 Å². The molecule has 1 heterocycles. The van der Waals surface area contributed by atoms with Crippen molar-refractivity contribution >= 4 is 5.97 Å². The Morgan fingerprint density at radius 1 is 1.22 bits per heavy atom. The summed E-state index contributed by atoms with van der Waals surface area (Å²) in [5, 5.41) is 12.0. The molecule has 180 valence electrons. The maximum absolute atomic E-state index is 12.2. The van der Waals surface area contributed by atoms with Crippen LogP contribution in [0.3, 0.4) is 0 Å². The summed E-state index contributed by atoms with van der Waals surface area (Å²) < 4.78 is 16.2. The maximum atomic E-state index is 12.2. The Morgan fingerprint density at radius 3 is 2.47 bits per heavy atom. The SMILES string of the molecule is COCCCc1cc(C[C@@H](C[C@@H]([C@@H]2C[C@@H](C(C)C)C(=O)O2)[N+](=O)[O-])C(C)C)ccc1OC. The monoisotopic (exact) mass is 449 g/mol. The van der Waals surface area contributed by atoms with Crippen LogP contribution in [0.25, 0.3) is 0 Å². The van der Waals surface area contributed by atoms with Gasteiger partial charge in [0.15, 0.2) is 6.10 Å². The Balaban J connectivity index is 2.16. The second kappa shape index (κ2) is 12.2. The molecule has 1 saturated heterocycles. The van der Waals surface area contributed by atoms with E-state index in [4.69, 9.17) is 14.2 Å². The molecule has 2 rings (SSSR count). The molecular formula is C25H39NO6. The predicted molar refractivity (Wildman–Crippen MR) is 123 cm³/mol. The molecule has 0 amide bonds. The van der Waals surface area contributed by atoms with E-state index in [0.29, 0.717) is 19.4 Å². The first kappa shape index (κ1) is 26.1. The number of ether oxygens (including phenoxy) is 3. The normalized spacial score (nSPS) is 20.4. The molecule has 0 bridgehead atoms. The smallest absolute Gasteiger partial charge is 0.309 e. The van der Waals surface area contributed by atoms with Gasteiger partial charge in [-0.3, -0.25) is 14.9 Å². The number of aryl methyl sites for hydroxylation is 1. The van der Waals surface area contributed by atoms with E-state index in [0.717, 1.165) is 36.1 Å². The fourth-order valence-electron chi connectivity index (χ4n) is 4.55. The van der Waals surface area contributed by atoms with E-state index >= 15 is 0 Å². The molecule has 0 radical (unpaired) electrons.